The van der Waals surface area contributed by atoms with Crippen LogP contribution in [0.4, 0.5) is 0 Å². The number of methoxy groups -OCH3 is 1. The van der Waals surface area contributed by atoms with Gasteiger partial charge in [-0.25, -0.2) is 3.96 Å². The van der Waals surface area contributed by atoms with Gasteiger partial charge in [0.2, 0.25) is 4.80 Å². The molecule has 0 aliphatic rings. The lowest BCUT2D eigenvalue weighted by Crippen LogP contribution is -1.99. The van der Waals surface area contributed by atoms with Crippen LogP contribution in [0.25, 0.3) is 17.1 Å². The lowest BCUT2D eigenvalue weighted by Gasteiger charge is -2.06. The van der Waals surface area contributed by atoms with Crippen LogP contribution in [0.3, 0.4) is 0 Å². The van der Waals surface area contributed by atoms with E-state index >= 15 is 0 Å². The van der Waals surface area contributed by atoms with Crippen LogP contribution in [0.2, 0.25) is 0 Å². The van der Waals surface area contributed by atoms with Crippen molar-refractivity contribution in [1.29, 1.82) is 0 Å². The molecule has 4 aromatic rings. The number of nitrogens with zero attached hydrogens (tertiary/aromatic N) is 4. The topological polar surface area (TPSA) is 52.3 Å². The van der Waals surface area contributed by atoms with Crippen molar-refractivity contribution >= 4 is 45.5 Å². The van der Waals surface area contributed by atoms with Gasteiger partial charge in [-0.05, 0) is 59.6 Å². The summed E-state index contributed by atoms with van der Waals surface area (Å²) in [4.78, 5) is 14.3. The Morgan fingerprint density at radius 1 is 0.966 bits per heavy atom. The highest BCUT2D eigenvalue weighted by Gasteiger charge is 2.11. The number of pyridine rings is 1. The van der Waals surface area contributed by atoms with Gasteiger partial charge in [0.15, 0.2) is 5.82 Å². The molecule has 0 saturated heterocycles. The lowest BCUT2D eigenvalue weighted by atomic mass is 10.2. The van der Waals surface area contributed by atoms with E-state index in [0.717, 1.165) is 33.2 Å². The third kappa shape index (κ3) is 5.62. The van der Waals surface area contributed by atoms with Crippen LogP contribution in [0, 0.1) is 0 Å². The molecule has 0 radical (unpaired) electrons. The first-order chi connectivity index (χ1) is 13.3. The van der Waals surface area contributed by atoms with E-state index in [-0.39, 0.29) is 34.0 Å². The van der Waals surface area contributed by atoms with E-state index in [1.165, 1.54) is 11.5 Å². The molecule has 0 bridgehead atoms. The zero-order valence-electron chi connectivity index (χ0n) is 15.6. The largest absolute Gasteiger partial charge is 0.497 e. The van der Waals surface area contributed by atoms with E-state index in [0.29, 0.717) is 6.54 Å². The number of para-hydroxylation sites is 1. The maximum Gasteiger partial charge on any atom is 0.223 e. The van der Waals surface area contributed by atoms with Crippen LogP contribution in [0.15, 0.2) is 84.1 Å². The summed E-state index contributed by atoms with van der Waals surface area (Å²) in [7, 11) is 1.66. The van der Waals surface area contributed by atoms with Crippen LogP contribution in [-0.4, -0.2) is 21.0 Å². The van der Waals surface area contributed by atoms with Crippen molar-refractivity contribution in [3.05, 3.63) is 89.5 Å². The Morgan fingerprint density at radius 2 is 1.72 bits per heavy atom. The molecule has 0 atom stereocenters. The first kappa shape index (κ1) is 23.0. The molecule has 0 saturated carbocycles. The van der Waals surface area contributed by atoms with Gasteiger partial charge in [-0.2, -0.15) is 4.98 Å². The summed E-state index contributed by atoms with van der Waals surface area (Å²) in [5.74, 6) is 1.68. The Kier molecular flexibility index (Phi) is 8.75. The first-order valence-corrected chi connectivity index (χ1v) is 9.30. The Labute approximate surface area is 194 Å². The van der Waals surface area contributed by atoms with Crippen molar-refractivity contribution in [2.24, 2.45) is 4.99 Å². The average molecular weight is 536 g/mol. The lowest BCUT2D eigenvalue weighted by molar-refractivity contribution is 0.415. The third-order valence-corrected chi connectivity index (χ3v) is 4.98. The van der Waals surface area contributed by atoms with E-state index in [9.17, 15) is 0 Å². The molecule has 0 fully saturated rings. The van der Waals surface area contributed by atoms with Crippen molar-refractivity contribution in [1.82, 2.24) is 13.9 Å². The zero-order chi connectivity index (χ0) is 18.5. The van der Waals surface area contributed by atoms with Gasteiger partial charge in [0.25, 0.3) is 0 Å². The van der Waals surface area contributed by atoms with Gasteiger partial charge >= 0.3 is 0 Å². The highest BCUT2D eigenvalue weighted by atomic mass is 79.9. The van der Waals surface area contributed by atoms with Gasteiger partial charge < -0.3 is 4.74 Å². The summed E-state index contributed by atoms with van der Waals surface area (Å²) in [6.45, 7) is 0.554. The zero-order valence-corrected chi connectivity index (χ0v) is 19.9. The molecule has 5 nitrogen and oxygen atoms in total. The van der Waals surface area contributed by atoms with Crippen molar-refractivity contribution in [3.63, 3.8) is 0 Å². The van der Waals surface area contributed by atoms with E-state index < -0.39 is 0 Å². The molecule has 2 aromatic heterocycles. The molecule has 150 valence electrons. The van der Waals surface area contributed by atoms with Gasteiger partial charge in [0.1, 0.15) is 5.75 Å². The minimum atomic E-state index is 0. The minimum absolute atomic E-state index is 0. The molecule has 0 aliphatic heterocycles. The number of aromatic nitrogens is 3. The fourth-order valence-corrected chi connectivity index (χ4v) is 3.53. The highest BCUT2D eigenvalue weighted by molar-refractivity contribution is 8.93. The van der Waals surface area contributed by atoms with Gasteiger partial charge in [-0.15, -0.1) is 34.0 Å². The standard InChI is InChI=1S/C21H18N4OS.2BrH/c1-26-19-11-9-17(10-12-19)20-24-21(23-15-16-6-5-13-22-14-16)27-25(20)18-7-3-2-4-8-18;;/h2-14H,15H2,1H3;2*1H. The van der Waals surface area contributed by atoms with E-state index in [1.807, 2.05) is 60.8 Å². The van der Waals surface area contributed by atoms with Crippen LogP contribution < -0.4 is 9.54 Å². The molecule has 0 spiro atoms. The van der Waals surface area contributed by atoms with Crippen LogP contribution in [0.5, 0.6) is 5.75 Å². The van der Waals surface area contributed by atoms with Gasteiger partial charge in [-0.3, -0.25) is 9.98 Å². The molecule has 0 aliphatic carbocycles. The summed E-state index contributed by atoms with van der Waals surface area (Å²) in [5, 5.41) is 0. The molecule has 4 rings (SSSR count). The third-order valence-electron chi connectivity index (χ3n) is 4.03. The molecule has 2 aromatic carbocycles. The number of halogens is 2. The number of rotatable bonds is 5. The fourth-order valence-electron chi connectivity index (χ4n) is 2.66. The van der Waals surface area contributed by atoms with E-state index in [2.05, 4.69) is 26.1 Å². The quantitative estimate of drug-likeness (QED) is 0.350. The fraction of sp³-hybridized carbons (Fsp3) is 0.0952. The van der Waals surface area contributed by atoms with Gasteiger partial charge in [-0.1, -0.05) is 24.3 Å². The smallest absolute Gasteiger partial charge is 0.223 e. The second-order valence-corrected chi connectivity index (χ2v) is 6.76. The van der Waals surface area contributed by atoms with E-state index in [4.69, 9.17) is 9.72 Å². The highest BCUT2D eigenvalue weighted by Crippen LogP contribution is 2.24. The Morgan fingerprint density at radius 3 is 2.38 bits per heavy atom. The Balaban J connectivity index is 0.00000150. The van der Waals surface area contributed by atoms with Crippen LogP contribution in [0.1, 0.15) is 5.56 Å². The molecular weight excluding hydrogens is 516 g/mol. The second kappa shape index (κ2) is 11.0. The SMILES string of the molecule is Br.Br.COc1ccc(-c2nc(=NCc3cccnc3)sn2-c2ccccc2)cc1. The second-order valence-electron chi connectivity index (χ2n) is 5.85. The molecule has 0 N–H and O–H groups in total. The number of hydrogen-bond acceptors (Lipinski definition) is 5. The maximum atomic E-state index is 5.26. The number of hydrogen-bond donors (Lipinski definition) is 0. The van der Waals surface area contributed by atoms with Crippen molar-refractivity contribution in [2.45, 2.75) is 6.54 Å². The van der Waals surface area contributed by atoms with E-state index in [1.54, 1.807) is 13.3 Å². The van der Waals surface area contributed by atoms with Crippen molar-refractivity contribution in [2.75, 3.05) is 7.11 Å². The summed E-state index contributed by atoms with van der Waals surface area (Å²) in [6, 6.07) is 22.0. The van der Waals surface area contributed by atoms with Crippen molar-refractivity contribution < 1.29 is 4.74 Å². The summed E-state index contributed by atoms with van der Waals surface area (Å²) in [5.41, 5.74) is 3.13. The van der Waals surface area contributed by atoms with Gasteiger partial charge in [0, 0.05) is 18.0 Å². The average Bonchev–Trinajstić information content (AvgIpc) is 3.18. The molecule has 8 heteroatoms. The predicted octanol–water partition coefficient (Wildman–Crippen LogP) is 5.26. The summed E-state index contributed by atoms with van der Waals surface area (Å²) in [6.07, 6.45) is 3.59. The van der Waals surface area contributed by atoms with Crippen molar-refractivity contribution in [3.8, 4) is 22.8 Å². The number of ether oxygens (including phenoxy) is 1. The molecule has 29 heavy (non-hydrogen) atoms. The van der Waals surface area contributed by atoms with Crippen LogP contribution in [-0.2, 0) is 6.54 Å². The number of benzene rings is 2. The molecular formula is C21H20Br2N4OS. The summed E-state index contributed by atoms with van der Waals surface area (Å²) < 4.78 is 7.36. The molecule has 0 amide bonds. The normalized spacial score (nSPS) is 10.7. The van der Waals surface area contributed by atoms with Crippen LogP contribution >= 0.6 is 45.5 Å². The minimum Gasteiger partial charge on any atom is -0.497 e. The maximum absolute atomic E-state index is 5.26. The molecule has 0 unspecified atom stereocenters. The molecule has 2 heterocycles. The first-order valence-electron chi connectivity index (χ1n) is 8.53. The predicted molar refractivity (Wildman–Crippen MR) is 128 cm³/mol. The Bertz CT molecular complexity index is 1080. The Hall–Kier alpha value is -2.29. The van der Waals surface area contributed by atoms with Gasteiger partial charge in [0.05, 0.1) is 19.3 Å². The summed E-state index contributed by atoms with van der Waals surface area (Å²) >= 11 is 1.52. The monoisotopic (exact) mass is 534 g/mol.